The zero-order chi connectivity index (χ0) is 23.7. The highest BCUT2D eigenvalue weighted by molar-refractivity contribution is 6.35. The van der Waals surface area contributed by atoms with Crippen LogP contribution in [-0.2, 0) is 0 Å². The molecule has 0 fully saturated rings. The Morgan fingerprint density at radius 1 is 0.353 bits per heavy atom. The summed E-state index contributed by atoms with van der Waals surface area (Å²) < 4.78 is 0. The lowest BCUT2D eigenvalue weighted by Gasteiger charge is -2.29. The van der Waals surface area contributed by atoms with Crippen molar-refractivity contribution in [3.8, 4) is 0 Å². The van der Waals surface area contributed by atoms with E-state index in [0.29, 0.717) is 9.80 Å². The molecular formula is C26H12N2O6. The Bertz CT molecular complexity index is 1390. The number of imide groups is 2. The van der Waals surface area contributed by atoms with Crippen molar-refractivity contribution in [2.45, 2.75) is 0 Å². The zero-order valence-corrected chi connectivity index (χ0v) is 17.3. The molecule has 3 aliphatic rings. The minimum Gasteiger partial charge on any atom is -0.287 e. The molecule has 0 saturated carbocycles. The summed E-state index contributed by atoms with van der Waals surface area (Å²) in [6, 6.07) is 17.9. The van der Waals surface area contributed by atoms with Crippen molar-refractivity contribution in [3.63, 3.8) is 0 Å². The first-order valence-corrected chi connectivity index (χ1v) is 10.3. The van der Waals surface area contributed by atoms with E-state index < -0.39 is 46.6 Å². The van der Waals surface area contributed by atoms with Gasteiger partial charge in [0.15, 0.2) is 0 Å². The summed E-state index contributed by atoms with van der Waals surface area (Å²) in [4.78, 5) is 81.4. The number of hydrogen-bond donors (Lipinski definition) is 0. The molecule has 2 heterocycles. The number of ketones is 2. The number of nitrogens with zero attached hydrogens (tertiary/aromatic N) is 2. The van der Waals surface area contributed by atoms with Gasteiger partial charge in [0.25, 0.3) is 23.6 Å². The third-order valence-electron chi connectivity index (χ3n) is 6.11. The van der Waals surface area contributed by atoms with Crippen molar-refractivity contribution in [3.05, 3.63) is 118 Å². The maximum atomic E-state index is 13.6. The lowest BCUT2D eigenvalue weighted by atomic mass is 9.89. The maximum absolute atomic E-state index is 13.6. The average molecular weight is 448 g/mol. The predicted octanol–water partition coefficient (Wildman–Crippen LogP) is 2.87. The number of benzene rings is 3. The smallest absolute Gasteiger partial charge is 0.266 e. The van der Waals surface area contributed by atoms with Crippen molar-refractivity contribution in [2.24, 2.45) is 0 Å². The third kappa shape index (κ3) is 2.36. The Morgan fingerprint density at radius 3 is 0.853 bits per heavy atom. The summed E-state index contributed by atoms with van der Waals surface area (Å²) in [5, 5.41) is 0. The van der Waals surface area contributed by atoms with Crippen LogP contribution in [0, 0.1) is 0 Å². The van der Waals surface area contributed by atoms with Crippen LogP contribution >= 0.6 is 0 Å². The van der Waals surface area contributed by atoms with E-state index in [-0.39, 0.29) is 33.4 Å². The van der Waals surface area contributed by atoms with E-state index in [2.05, 4.69) is 0 Å². The molecule has 0 saturated heterocycles. The monoisotopic (exact) mass is 448 g/mol. The molecule has 0 aromatic heterocycles. The second-order valence-corrected chi connectivity index (χ2v) is 7.88. The fourth-order valence-corrected chi connectivity index (χ4v) is 4.55. The second kappa shape index (κ2) is 6.76. The molecule has 8 nitrogen and oxygen atoms in total. The number of allylic oxidation sites excluding steroid dienone is 2. The minimum atomic E-state index is -0.815. The Balaban J connectivity index is 1.63. The molecule has 3 aromatic carbocycles. The number of carbonyl (C=O) groups excluding carboxylic acids is 6. The van der Waals surface area contributed by atoms with Crippen LogP contribution in [0.1, 0.15) is 62.1 Å². The normalized spacial score (nSPS) is 16.9. The highest BCUT2D eigenvalue weighted by Crippen LogP contribution is 2.38. The number of carbonyl (C=O) groups is 6. The van der Waals surface area contributed by atoms with E-state index in [0.717, 1.165) is 0 Å². The van der Waals surface area contributed by atoms with Gasteiger partial charge in [0.2, 0.25) is 11.6 Å². The Kier molecular flexibility index (Phi) is 3.91. The Labute approximate surface area is 191 Å². The molecule has 0 unspecified atom stereocenters. The number of hydrogen-bond acceptors (Lipinski definition) is 6. The van der Waals surface area contributed by atoms with Gasteiger partial charge < -0.3 is 0 Å². The van der Waals surface area contributed by atoms with Gasteiger partial charge in [0, 0.05) is 11.1 Å². The van der Waals surface area contributed by atoms with Gasteiger partial charge in [-0.3, -0.25) is 28.8 Å². The molecule has 2 aliphatic heterocycles. The van der Waals surface area contributed by atoms with Crippen molar-refractivity contribution in [1.29, 1.82) is 0 Å². The first kappa shape index (κ1) is 19.7. The third-order valence-corrected chi connectivity index (χ3v) is 6.11. The first-order chi connectivity index (χ1) is 16.4. The topological polar surface area (TPSA) is 109 Å². The van der Waals surface area contributed by atoms with E-state index in [1.54, 1.807) is 24.3 Å². The van der Waals surface area contributed by atoms with Crippen LogP contribution in [0.5, 0.6) is 0 Å². The predicted molar refractivity (Wildman–Crippen MR) is 116 cm³/mol. The second-order valence-electron chi connectivity index (χ2n) is 7.88. The number of rotatable bonds is 2. The molecule has 1 aliphatic carbocycles. The number of Topliss-reactive ketones (excluding diaryl/α,β-unsaturated/α-hetero) is 2. The maximum Gasteiger partial charge on any atom is 0.266 e. The lowest BCUT2D eigenvalue weighted by Crippen LogP contribution is -2.44. The van der Waals surface area contributed by atoms with Crippen molar-refractivity contribution in [2.75, 3.05) is 0 Å². The van der Waals surface area contributed by atoms with Crippen LogP contribution in [0.15, 0.2) is 84.2 Å². The summed E-state index contributed by atoms with van der Waals surface area (Å²) in [5.41, 5.74) is -1.05. The van der Waals surface area contributed by atoms with Gasteiger partial charge in [0.1, 0.15) is 11.4 Å². The Hall–Kier alpha value is -4.98. The van der Waals surface area contributed by atoms with Gasteiger partial charge >= 0.3 is 0 Å². The van der Waals surface area contributed by atoms with Crippen molar-refractivity contribution < 1.29 is 28.8 Å². The van der Waals surface area contributed by atoms with Crippen LogP contribution in [0.25, 0.3) is 0 Å². The van der Waals surface area contributed by atoms with Gasteiger partial charge in [-0.1, -0.05) is 48.5 Å². The van der Waals surface area contributed by atoms with E-state index in [9.17, 15) is 28.8 Å². The summed E-state index contributed by atoms with van der Waals surface area (Å²) >= 11 is 0. The standard InChI is InChI=1S/C26H12N2O6/c29-21-13-7-1-2-8-14(13)22(30)20(28-25(33)17-11-5-6-12-18(17)26(28)34)19(21)27-23(31)15-9-3-4-10-16(15)24(27)32/h1-12H. The van der Waals surface area contributed by atoms with E-state index in [4.69, 9.17) is 0 Å². The molecule has 162 valence electrons. The van der Waals surface area contributed by atoms with Gasteiger partial charge in [0.05, 0.1) is 22.3 Å². The van der Waals surface area contributed by atoms with Crippen LogP contribution in [0.3, 0.4) is 0 Å². The molecule has 6 rings (SSSR count). The van der Waals surface area contributed by atoms with E-state index >= 15 is 0 Å². The first-order valence-electron chi connectivity index (χ1n) is 10.3. The number of amides is 4. The molecule has 8 heteroatoms. The van der Waals surface area contributed by atoms with Crippen LogP contribution < -0.4 is 0 Å². The summed E-state index contributed by atoms with van der Waals surface area (Å²) in [5.74, 6) is -4.88. The molecule has 0 atom stereocenters. The van der Waals surface area contributed by atoms with Crippen LogP contribution in [0.2, 0.25) is 0 Å². The van der Waals surface area contributed by atoms with Crippen LogP contribution in [-0.4, -0.2) is 45.0 Å². The summed E-state index contributed by atoms with van der Waals surface area (Å²) in [6.07, 6.45) is 0. The Morgan fingerprint density at radius 2 is 0.588 bits per heavy atom. The fraction of sp³-hybridized carbons (Fsp3) is 0. The molecular weight excluding hydrogens is 436 g/mol. The average Bonchev–Trinajstić information content (AvgIpc) is 3.26. The fourth-order valence-electron chi connectivity index (χ4n) is 4.55. The SMILES string of the molecule is O=C1C(N2C(=O)c3ccccc3C2=O)=C(N2C(=O)c3ccccc3C2=O)C(=O)c2ccccc21. The summed E-state index contributed by atoms with van der Waals surface area (Å²) in [7, 11) is 0. The van der Waals surface area contributed by atoms with Crippen molar-refractivity contribution >= 4 is 35.2 Å². The zero-order valence-electron chi connectivity index (χ0n) is 17.3. The lowest BCUT2D eigenvalue weighted by molar-refractivity contribution is 0.0618. The van der Waals surface area contributed by atoms with Gasteiger partial charge in [-0.15, -0.1) is 0 Å². The molecule has 0 spiro atoms. The molecule has 4 amide bonds. The molecule has 0 N–H and O–H groups in total. The molecule has 34 heavy (non-hydrogen) atoms. The van der Waals surface area contributed by atoms with Gasteiger partial charge in [-0.25, -0.2) is 9.80 Å². The highest BCUT2D eigenvalue weighted by atomic mass is 16.2. The molecule has 3 aromatic rings. The largest absolute Gasteiger partial charge is 0.287 e. The van der Waals surface area contributed by atoms with Gasteiger partial charge in [-0.2, -0.15) is 0 Å². The molecule has 0 radical (unpaired) electrons. The number of fused-ring (bicyclic) bond motifs is 3. The van der Waals surface area contributed by atoms with Crippen LogP contribution in [0.4, 0.5) is 0 Å². The summed E-state index contributed by atoms with van der Waals surface area (Å²) in [6.45, 7) is 0. The molecule has 0 bridgehead atoms. The van der Waals surface area contributed by atoms with E-state index in [1.165, 1.54) is 48.5 Å². The van der Waals surface area contributed by atoms with Crippen molar-refractivity contribution in [1.82, 2.24) is 9.80 Å². The quantitative estimate of drug-likeness (QED) is 0.558. The van der Waals surface area contributed by atoms with E-state index in [1.807, 2.05) is 0 Å². The minimum absolute atomic E-state index is 0.0283. The highest BCUT2D eigenvalue weighted by Gasteiger charge is 2.50. The van der Waals surface area contributed by atoms with Gasteiger partial charge in [-0.05, 0) is 24.3 Å².